The summed E-state index contributed by atoms with van der Waals surface area (Å²) in [6.07, 6.45) is 32.0. The summed E-state index contributed by atoms with van der Waals surface area (Å²) in [7, 11) is 0. The SMILES string of the molecule is CCCCC/C=C\C=C/CCCCCCCCCCCC(O)C(=O)NC(COC1OC(CO)C(O)C(O)C1O)C(O)/C=C/CC/C=C/CCCCCCC. The fourth-order valence-electron chi connectivity index (χ4n) is 6.40. The molecule has 1 rings (SSSR count). The van der Waals surface area contributed by atoms with Gasteiger partial charge in [-0.3, -0.25) is 4.79 Å². The number of hydrogen-bond donors (Lipinski definition) is 7. The van der Waals surface area contributed by atoms with Crippen molar-refractivity contribution in [1.82, 2.24) is 5.32 Å². The lowest BCUT2D eigenvalue weighted by atomic mass is 9.99. The van der Waals surface area contributed by atoms with E-state index >= 15 is 0 Å². The van der Waals surface area contributed by atoms with Crippen molar-refractivity contribution in [1.29, 1.82) is 0 Å². The lowest BCUT2D eigenvalue weighted by molar-refractivity contribution is -0.302. The smallest absolute Gasteiger partial charge is 0.249 e. The molecule has 7 N–H and O–H groups in total. The summed E-state index contributed by atoms with van der Waals surface area (Å²) in [5.41, 5.74) is 0. The molecule has 10 heteroatoms. The molecule has 1 aliphatic rings. The number of aliphatic hydroxyl groups excluding tert-OH is 6. The monoisotopic (exact) mass is 766 g/mol. The number of rotatable bonds is 34. The molecule has 8 atom stereocenters. The number of amides is 1. The largest absolute Gasteiger partial charge is 0.394 e. The minimum Gasteiger partial charge on any atom is -0.394 e. The summed E-state index contributed by atoms with van der Waals surface area (Å²) in [5, 5.41) is 64.4. The Hall–Kier alpha value is -1.89. The molecule has 1 amide bonds. The van der Waals surface area contributed by atoms with E-state index in [1.807, 2.05) is 6.08 Å². The zero-order chi connectivity index (χ0) is 39.7. The fourth-order valence-corrected chi connectivity index (χ4v) is 6.40. The molecule has 1 heterocycles. The number of carbonyl (C=O) groups excluding carboxylic acids is 1. The van der Waals surface area contributed by atoms with Crippen LogP contribution in [0.15, 0.2) is 48.6 Å². The molecule has 1 fully saturated rings. The van der Waals surface area contributed by atoms with Crippen molar-refractivity contribution < 1.29 is 44.9 Å². The highest BCUT2D eigenvalue weighted by Gasteiger charge is 2.44. The van der Waals surface area contributed by atoms with E-state index < -0.39 is 61.5 Å². The van der Waals surface area contributed by atoms with Crippen LogP contribution in [0.2, 0.25) is 0 Å². The average molecular weight is 766 g/mol. The summed E-state index contributed by atoms with van der Waals surface area (Å²) >= 11 is 0. The van der Waals surface area contributed by atoms with Crippen LogP contribution in [0.3, 0.4) is 0 Å². The van der Waals surface area contributed by atoms with Gasteiger partial charge in [-0.2, -0.15) is 0 Å². The maximum atomic E-state index is 13.0. The molecule has 0 aromatic carbocycles. The van der Waals surface area contributed by atoms with Crippen LogP contribution in [0.25, 0.3) is 0 Å². The number of hydrogen-bond acceptors (Lipinski definition) is 9. The van der Waals surface area contributed by atoms with E-state index in [2.05, 4.69) is 55.6 Å². The molecule has 0 saturated carbocycles. The van der Waals surface area contributed by atoms with E-state index in [0.717, 1.165) is 38.5 Å². The van der Waals surface area contributed by atoms with Crippen molar-refractivity contribution in [3.8, 4) is 0 Å². The Bertz CT molecular complexity index is 1000. The van der Waals surface area contributed by atoms with Crippen molar-refractivity contribution in [2.45, 2.75) is 210 Å². The van der Waals surface area contributed by atoms with E-state index in [4.69, 9.17) is 9.47 Å². The van der Waals surface area contributed by atoms with Gasteiger partial charge in [-0.25, -0.2) is 0 Å². The number of ether oxygens (including phenoxy) is 2. The Balaban J connectivity index is 2.44. The molecular weight excluding hydrogens is 686 g/mol. The minimum atomic E-state index is -1.62. The summed E-state index contributed by atoms with van der Waals surface area (Å²) in [5.74, 6) is -0.635. The third-order valence-corrected chi connectivity index (χ3v) is 10.0. The molecule has 1 aliphatic heterocycles. The lowest BCUT2D eigenvalue weighted by Gasteiger charge is -2.40. The van der Waals surface area contributed by atoms with Crippen LogP contribution < -0.4 is 5.32 Å². The van der Waals surface area contributed by atoms with Crippen molar-refractivity contribution in [3.05, 3.63) is 48.6 Å². The van der Waals surface area contributed by atoms with Crippen LogP contribution in [0, 0.1) is 0 Å². The Labute approximate surface area is 327 Å². The second-order valence-corrected chi connectivity index (χ2v) is 14.9. The zero-order valence-electron chi connectivity index (χ0n) is 33.8. The first-order chi connectivity index (χ1) is 26.3. The molecule has 0 aromatic heterocycles. The van der Waals surface area contributed by atoms with Gasteiger partial charge >= 0.3 is 0 Å². The molecule has 0 radical (unpaired) electrons. The number of carbonyl (C=O) groups is 1. The van der Waals surface area contributed by atoms with Crippen molar-refractivity contribution in [2.75, 3.05) is 13.2 Å². The van der Waals surface area contributed by atoms with Crippen LogP contribution in [0.5, 0.6) is 0 Å². The van der Waals surface area contributed by atoms with E-state index in [1.54, 1.807) is 6.08 Å². The highest BCUT2D eigenvalue weighted by atomic mass is 16.7. The third kappa shape index (κ3) is 24.6. The Morgan fingerprint density at radius 2 is 1.15 bits per heavy atom. The van der Waals surface area contributed by atoms with Crippen molar-refractivity contribution in [3.63, 3.8) is 0 Å². The highest BCUT2D eigenvalue weighted by molar-refractivity contribution is 5.80. The van der Waals surface area contributed by atoms with Crippen LogP contribution >= 0.6 is 0 Å². The lowest BCUT2D eigenvalue weighted by Crippen LogP contribution is -2.60. The number of nitrogens with one attached hydrogen (secondary N) is 1. The van der Waals surface area contributed by atoms with Gasteiger partial charge in [0.1, 0.15) is 30.5 Å². The maximum Gasteiger partial charge on any atom is 0.249 e. The van der Waals surface area contributed by atoms with Gasteiger partial charge in [-0.05, 0) is 57.8 Å². The Kier molecular flexibility index (Phi) is 31.9. The average Bonchev–Trinajstić information content (AvgIpc) is 3.17. The standard InChI is InChI=1S/C44H79NO9/c1-3-5-7-9-11-13-15-16-17-18-19-20-21-23-25-27-29-31-33-38(48)43(52)45-36(35-53-44-42(51)41(50)40(49)39(34-46)54-44)37(47)32-30-28-26-24-22-14-12-10-8-6-4-2/h11,13,15-16,22,24,30,32,36-42,44,46-51H,3-10,12,14,17-21,23,25-29,31,33-35H2,1-2H3,(H,45,52)/b13-11-,16-15-,24-22+,32-30+. The van der Waals surface area contributed by atoms with Gasteiger partial charge in [0.25, 0.3) is 0 Å². The molecular formula is C44H79NO9. The zero-order valence-corrected chi connectivity index (χ0v) is 33.8. The van der Waals surface area contributed by atoms with E-state index in [-0.39, 0.29) is 6.61 Å². The molecule has 8 unspecified atom stereocenters. The molecule has 0 aromatic rings. The summed E-state index contributed by atoms with van der Waals surface area (Å²) < 4.78 is 11.1. The first-order valence-electron chi connectivity index (χ1n) is 21.5. The van der Waals surface area contributed by atoms with Crippen molar-refractivity contribution in [2.24, 2.45) is 0 Å². The van der Waals surface area contributed by atoms with Gasteiger partial charge < -0.3 is 45.4 Å². The second-order valence-electron chi connectivity index (χ2n) is 14.9. The molecule has 54 heavy (non-hydrogen) atoms. The van der Waals surface area contributed by atoms with Gasteiger partial charge in [-0.15, -0.1) is 0 Å². The van der Waals surface area contributed by atoms with E-state index in [1.165, 1.54) is 89.9 Å². The van der Waals surface area contributed by atoms with Gasteiger partial charge in [-0.1, -0.05) is 152 Å². The first-order valence-corrected chi connectivity index (χ1v) is 21.5. The third-order valence-electron chi connectivity index (χ3n) is 10.0. The molecule has 10 nitrogen and oxygen atoms in total. The van der Waals surface area contributed by atoms with Crippen LogP contribution in [0.4, 0.5) is 0 Å². The van der Waals surface area contributed by atoms with Crippen molar-refractivity contribution >= 4 is 5.91 Å². The summed E-state index contributed by atoms with van der Waals surface area (Å²) in [4.78, 5) is 13.0. The first kappa shape index (κ1) is 50.1. The van der Waals surface area contributed by atoms with E-state index in [0.29, 0.717) is 19.3 Å². The maximum absolute atomic E-state index is 13.0. The molecule has 1 saturated heterocycles. The van der Waals surface area contributed by atoms with Crippen LogP contribution in [-0.2, 0) is 14.3 Å². The fraction of sp³-hybridized carbons (Fsp3) is 0.795. The predicted octanol–water partition coefficient (Wildman–Crippen LogP) is 7.25. The van der Waals surface area contributed by atoms with Gasteiger partial charge in [0, 0.05) is 0 Å². The number of allylic oxidation sites excluding steroid dienone is 7. The summed E-state index contributed by atoms with van der Waals surface area (Å²) in [6.45, 7) is 3.51. The second kappa shape index (κ2) is 34.4. The predicted molar refractivity (Wildman–Crippen MR) is 218 cm³/mol. The van der Waals surface area contributed by atoms with Crippen LogP contribution in [-0.4, -0.2) is 98.7 Å². The highest BCUT2D eigenvalue weighted by Crippen LogP contribution is 2.22. The Morgan fingerprint density at radius 1 is 0.648 bits per heavy atom. The summed E-state index contributed by atoms with van der Waals surface area (Å²) in [6, 6.07) is -0.998. The Morgan fingerprint density at radius 3 is 1.76 bits per heavy atom. The van der Waals surface area contributed by atoms with Gasteiger partial charge in [0.05, 0.1) is 25.4 Å². The van der Waals surface area contributed by atoms with Gasteiger partial charge in [0.2, 0.25) is 5.91 Å². The molecule has 0 spiro atoms. The van der Waals surface area contributed by atoms with E-state index in [9.17, 15) is 35.4 Å². The minimum absolute atomic E-state index is 0.296. The topological polar surface area (TPSA) is 169 Å². The molecule has 314 valence electrons. The van der Waals surface area contributed by atoms with Gasteiger partial charge in [0.15, 0.2) is 6.29 Å². The normalized spacial score (nSPS) is 22.6. The number of aliphatic hydroxyl groups is 6. The molecule has 0 aliphatic carbocycles. The van der Waals surface area contributed by atoms with Crippen LogP contribution in [0.1, 0.15) is 162 Å². The molecule has 0 bridgehead atoms. The number of unbranched alkanes of at least 4 members (excludes halogenated alkanes) is 18. The quantitative estimate of drug-likeness (QED) is 0.0203.